The molecule has 1 aromatic rings. The smallest absolute Gasteiger partial charge is 0.355 e. The maximum Gasteiger partial charge on any atom is 0.355 e. The van der Waals surface area contributed by atoms with Gasteiger partial charge in [0.05, 0.1) is 6.61 Å². The molecule has 1 heterocycles. The number of aryl methyl sites for hydroxylation is 1. The van der Waals surface area contributed by atoms with Crippen molar-refractivity contribution in [3.63, 3.8) is 0 Å². The van der Waals surface area contributed by atoms with Gasteiger partial charge in [0.1, 0.15) is 0 Å². The number of anilines is 1. The SMILES string of the molecule is COCCN(c1nc(C(=O)O)c(C)s1)C(C)C. The third-order valence-electron chi connectivity index (χ3n) is 2.39. The summed E-state index contributed by atoms with van der Waals surface area (Å²) in [6.45, 7) is 7.18. The van der Waals surface area contributed by atoms with Crippen LogP contribution >= 0.6 is 11.3 Å². The van der Waals surface area contributed by atoms with E-state index in [9.17, 15) is 4.79 Å². The van der Waals surface area contributed by atoms with E-state index in [4.69, 9.17) is 9.84 Å². The number of aromatic carboxylic acids is 1. The summed E-state index contributed by atoms with van der Waals surface area (Å²) in [6.07, 6.45) is 0. The highest BCUT2D eigenvalue weighted by Crippen LogP contribution is 2.26. The van der Waals surface area contributed by atoms with Gasteiger partial charge in [0.25, 0.3) is 0 Å². The molecule has 0 saturated heterocycles. The number of hydrogen-bond donors (Lipinski definition) is 1. The monoisotopic (exact) mass is 258 g/mol. The molecule has 1 rings (SSSR count). The maximum absolute atomic E-state index is 10.9. The molecule has 0 aliphatic rings. The third kappa shape index (κ3) is 3.41. The van der Waals surface area contributed by atoms with Crippen molar-refractivity contribution < 1.29 is 14.6 Å². The third-order valence-corrected chi connectivity index (χ3v) is 3.40. The van der Waals surface area contributed by atoms with Crippen molar-refractivity contribution in [3.8, 4) is 0 Å². The van der Waals surface area contributed by atoms with E-state index >= 15 is 0 Å². The summed E-state index contributed by atoms with van der Waals surface area (Å²) in [7, 11) is 1.65. The minimum Gasteiger partial charge on any atom is -0.476 e. The van der Waals surface area contributed by atoms with E-state index in [0.29, 0.717) is 13.2 Å². The lowest BCUT2D eigenvalue weighted by Gasteiger charge is -2.25. The summed E-state index contributed by atoms with van der Waals surface area (Å²) < 4.78 is 5.05. The van der Waals surface area contributed by atoms with Gasteiger partial charge in [0.2, 0.25) is 0 Å². The summed E-state index contributed by atoms with van der Waals surface area (Å²) in [5, 5.41) is 9.72. The van der Waals surface area contributed by atoms with E-state index in [1.807, 2.05) is 18.7 Å². The molecule has 0 aliphatic heterocycles. The van der Waals surface area contributed by atoms with Gasteiger partial charge in [-0.2, -0.15) is 0 Å². The first kappa shape index (κ1) is 13.9. The summed E-state index contributed by atoms with van der Waals surface area (Å²) in [4.78, 5) is 17.9. The van der Waals surface area contributed by atoms with Gasteiger partial charge in [0, 0.05) is 24.6 Å². The number of rotatable bonds is 6. The molecule has 0 fully saturated rings. The second-order valence-corrected chi connectivity index (χ2v) is 5.17. The molecule has 0 radical (unpaired) electrons. The van der Waals surface area contributed by atoms with Crippen LogP contribution in [0.15, 0.2) is 0 Å². The van der Waals surface area contributed by atoms with E-state index in [1.165, 1.54) is 11.3 Å². The summed E-state index contributed by atoms with van der Waals surface area (Å²) >= 11 is 1.41. The van der Waals surface area contributed by atoms with Gasteiger partial charge in [0.15, 0.2) is 10.8 Å². The molecule has 0 aromatic carbocycles. The zero-order valence-corrected chi connectivity index (χ0v) is 11.4. The van der Waals surface area contributed by atoms with Crippen LogP contribution in [0.5, 0.6) is 0 Å². The molecule has 0 aliphatic carbocycles. The van der Waals surface area contributed by atoms with Gasteiger partial charge in [-0.05, 0) is 20.8 Å². The Kier molecular flexibility index (Phi) is 4.89. The average Bonchev–Trinajstić information content (AvgIpc) is 2.60. The Balaban J connectivity index is 2.94. The molecule has 0 amide bonds. The number of carbonyl (C=O) groups is 1. The first-order chi connectivity index (χ1) is 7.97. The maximum atomic E-state index is 10.9. The Morgan fingerprint density at radius 3 is 2.65 bits per heavy atom. The molecule has 1 N–H and O–H groups in total. The molecule has 0 unspecified atom stereocenters. The van der Waals surface area contributed by atoms with Crippen LogP contribution < -0.4 is 4.90 Å². The van der Waals surface area contributed by atoms with E-state index < -0.39 is 5.97 Å². The van der Waals surface area contributed by atoms with Crippen molar-refractivity contribution in [1.82, 2.24) is 4.98 Å². The van der Waals surface area contributed by atoms with Crippen LogP contribution in [0.2, 0.25) is 0 Å². The minimum absolute atomic E-state index is 0.146. The van der Waals surface area contributed by atoms with E-state index in [1.54, 1.807) is 14.0 Å². The molecule has 5 nitrogen and oxygen atoms in total. The quantitative estimate of drug-likeness (QED) is 0.845. The average molecular weight is 258 g/mol. The summed E-state index contributed by atoms with van der Waals surface area (Å²) in [5.41, 5.74) is 0.146. The Morgan fingerprint density at radius 2 is 2.24 bits per heavy atom. The van der Waals surface area contributed by atoms with Crippen LogP contribution in [0.1, 0.15) is 29.2 Å². The fourth-order valence-electron chi connectivity index (χ4n) is 1.47. The molecule has 0 spiro atoms. The van der Waals surface area contributed by atoms with Gasteiger partial charge in [-0.25, -0.2) is 9.78 Å². The van der Waals surface area contributed by atoms with Crippen molar-refractivity contribution >= 4 is 22.4 Å². The van der Waals surface area contributed by atoms with Crippen molar-refractivity contribution in [2.24, 2.45) is 0 Å². The summed E-state index contributed by atoms with van der Waals surface area (Å²) in [6, 6.07) is 0.261. The number of thiazole rings is 1. The normalized spacial score (nSPS) is 10.9. The first-order valence-corrected chi connectivity index (χ1v) is 6.25. The molecular formula is C11H18N2O3S. The fraction of sp³-hybridized carbons (Fsp3) is 0.636. The van der Waals surface area contributed by atoms with Crippen LogP contribution in [0.4, 0.5) is 5.13 Å². The predicted octanol–water partition coefficient (Wildman–Crippen LogP) is 2.01. The molecule has 96 valence electrons. The largest absolute Gasteiger partial charge is 0.476 e. The highest BCUT2D eigenvalue weighted by Gasteiger charge is 2.19. The predicted molar refractivity (Wildman–Crippen MR) is 68.2 cm³/mol. The van der Waals surface area contributed by atoms with Gasteiger partial charge >= 0.3 is 5.97 Å². The molecule has 6 heteroatoms. The van der Waals surface area contributed by atoms with Crippen molar-refractivity contribution in [1.29, 1.82) is 0 Å². The number of nitrogens with zero attached hydrogens (tertiary/aromatic N) is 2. The van der Waals surface area contributed by atoms with Crippen LogP contribution in [-0.4, -0.2) is 42.4 Å². The standard InChI is InChI=1S/C11H18N2O3S/c1-7(2)13(5-6-16-4)11-12-9(10(14)15)8(3)17-11/h7H,5-6H2,1-4H3,(H,14,15). The minimum atomic E-state index is -0.972. The zero-order valence-electron chi connectivity index (χ0n) is 10.6. The second-order valence-electron chi connectivity index (χ2n) is 3.99. The number of carboxylic acid groups (broad SMARTS) is 1. The van der Waals surface area contributed by atoms with Gasteiger partial charge in [-0.1, -0.05) is 0 Å². The number of aromatic nitrogens is 1. The molecule has 17 heavy (non-hydrogen) atoms. The van der Waals surface area contributed by atoms with Gasteiger partial charge < -0.3 is 14.7 Å². The van der Waals surface area contributed by atoms with E-state index in [2.05, 4.69) is 4.98 Å². The van der Waals surface area contributed by atoms with Crippen LogP contribution in [-0.2, 0) is 4.74 Å². The highest BCUT2D eigenvalue weighted by atomic mass is 32.1. The van der Waals surface area contributed by atoms with Crippen LogP contribution in [0, 0.1) is 6.92 Å². The molecule has 0 atom stereocenters. The Morgan fingerprint density at radius 1 is 1.59 bits per heavy atom. The first-order valence-electron chi connectivity index (χ1n) is 5.43. The Labute approximate surface area is 105 Å². The summed E-state index contributed by atoms with van der Waals surface area (Å²) in [5.74, 6) is -0.972. The Hall–Kier alpha value is -1.14. The number of ether oxygens (including phenoxy) is 1. The lowest BCUT2D eigenvalue weighted by molar-refractivity contribution is 0.0690. The van der Waals surface area contributed by atoms with Crippen LogP contribution in [0.3, 0.4) is 0 Å². The van der Waals surface area contributed by atoms with Gasteiger partial charge in [-0.3, -0.25) is 0 Å². The topological polar surface area (TPSA) is 62.7 Å². The van der Waals surface area contributed by atoms with Crippen molar-refractivity contribution in [2.45, 2.75) is 26.8 Å². The number of methoxy groups -OCH3 is 1. The van der Waals surface area contributed by atoms with Gasteiger partial charge in [-0.15, -0.1) is 11.3 Å². The highest BCUT2D eigenvalue weighted by molar-refractivity contribution is 7.15. The second kappa shape index (κ2) is 5.97. The van der Waals surface area contributed by atoms with Crippen molar-refractivity contribution in [2.75, 3.05) is 25.2 Å². The number of carboxylic acids is 1. The lowest BCUT2D eigenvalue weighted by Crippen LogP contribution is -2.33. The Bertz CT molecular complexity index is 390. The van der Waals surface area contributed by atoms with Crippen molar-refractivity contribution in [3.05, 3.63) is 10.6 Å². The molecular weight excluding hydrogens is 240 g/mol. The van der Waals surface area contributed by atoms with E-state index in [-0.39, 0.29) is 11.7 Å². The van der Waals surface area contributed by atoms with E-state index in [0.717, 1.165) is 10.0 Å². The molecule has 0 bridgehead atoms. The molecule has 0 saturated carbocycles. The molecule has 1 aromatic heterocycles. The lowest BCUT2D eigenvalue weighted by atomic mass is 10.3. The zero-order chi connectivity index (χ0) is 13.0. The number of hydrogen-bond acceptors (Lipinski definition) is 5. The van der Waals surface area contributed by atoms with Crippen LogP contribution in [0.25, 0.3) is 0 Å². The fourth-order valence-corrected chi connectivity index (χ4v) is 2.53.